The summed E-state index contributed by atoms with van der Waals surface area (Å²) < 4.78 is 8.11. The van der Waals surface area contributed by atoms with Crippen molar-refractivity contribution in [1.29, 1.82) is 0 Å². The number of nitrogens with one attached hydrogen (secondary N) is 1. The van der Waals surface area contributed by atoms with Crippen molar-refractivity contribution in [1.82, 2.24) is 5.32 Å². The number of thiazole rings is 1. The van der Waals surface area contributed by atoms with Crippen LogP contribution in [0.3, 0.4) is 0 Å². The van der Waals surface area contributed by atoms with Crippen molar-refractivity contribution in [3.63, 3.8) is 0 Å². The molecule has 1 aromatic heterocycles. The van der Waals surface area contributed by atoms with Gasteiger partial charge in [0, 0.05) is 18.3 Å². The summed E-state index contributed by atoms with van der Waals surface area (Å²) in [7, 11) is 1.65. The van der Waals surface area contributed by atoms with Crippen LogP contribution in [0, 0.1) is 0 Å². The lowest BCUT2D eigenvalue weighted by molar-refractivity contribution is -0.683. The first-order chi connectivity index (χ1) is 19.6. The van der Waals surface area contributed by atoms with Crippen LogP contribution in [0.4, 0.5) is 10.5 Å². The molecular weight excluding hydrogens is 618 g/mol. The Morgan fingerprint density at radius 3 is 2.07 bits per heavy atom. The van der Waals surface area contributed by atoms with Gasteiger partial charge in [-0.25, -0.2) is 4.79 Å². The summed E-state index contributed by atoms with van der Waals surface area (Å²) in [6.45, 7) is 4.17. The summed E-state index contributed by atoms with van der Waals surface area (Å²) in [6.07, 6.45) is 17.9. The number of nitrogens with zero attached hydrogens (tertiary/aromatic N) is 2. The van der Waals surface area contributed by atoms with Crippen molar-refractivity contribution < 1.29 is 31.1 Å². The molecule has 0 spiro atoms. The van der Waals surface area contributed by atoms with E-state index in [4.69, 9.17) is 16.3 Å². The summed E-state index contributed by atoms with van der Waals surface area (Å²) in [4.78, 5) is 14.4. The van der Waals surface area contributed by atoms with E-state index in [1.807, 2.05) is 30.3 Å². The first-order valence-electron chi connectivity index (χ1n) is 15.0. The van der Waals surface area contributed by atoms with Gasteiger partial charge in [-0.15, -0.1) is 0 Å². The molecule has 0 atom stereocenters. The van der Waals surface area contributed by atoms with Crippen LogP contribution in [-0.4, -0.2) is 19.7 Å². The Balaban J connectivity index is 0.00000588. The molecule has 1 N–H and O–H groups in total. The van der Waals surface area contributed by atoms with Crippen LogP contribution < -0.4 is 36.5 Å². The third kappa shape index (κ3) is 13.2. The zero-order valence-corrected chi connectivity index (χ0v) is 27.9. The number of carbonyl (C=O) groups excluding carboxylic acids is 1. The molecule has 2 aromatic carbocycles. The molecule has 226 valence electrons. The maximum atomic E-state index is 12.7. The number of carbonyl (C=O) groups is 1. The van der Waals surface area contributed by atoms with Gasteiger partial charge in [0.05, 0.1) is 23.6 Å². The molecule has 41 heavy (non-hydrogen) atoms. The highest BCUT2D eigenvalue weighted by Crippen LogP contribution is 2.28. The third-order valence-electron chi connectivity index (χ3n) is 7.19. The van der Waals surface area contributed by atoms with E-state index in [1.54, 1.807) is 23.3 Å². The van der Waals surface area contributed by atoms with Crippen molar-refractivity contribution in [2.45, 2.75) is 97.1 Å². The Kier molecular flexibility index (Phi) is 17.8. The normalized spacial score (nSPS) is 10.7. The number of halogens is 2. The van der Waals surface area contributed by atoms with Crippen molar-refractivity contribution in [3.05, 3.63) is 75.7 Å². The molecule has 0 aliphatic carbocycles. The Hall–Kier alpha value is -2.09. The van der Waals surface area contributed by atoms with E-state index in [0.717, 1.165) is 24.2 Å². The molecule has 5 nitrogen and oxygen atoms in total. The van der Waals surface area contributed by atoms with Crippen LogP contribution in [0.5, 0.6) is 5.75 Å². The maximum Gasteiger partial charge on any atom is 0.321 e. The average Bonchev–Trinajstić information content (AvgIpc) is 3.48. The molecule has 0 saturated heterocycles. The predicted octanol–water partition coefficient (Wildman–Crippen LogP) is 6.17. The van der Waals surface area contributed by atoms with E-state index in [9.17, 15) is 4.79 Å². The average molecular weight is 665 g/mol. The number of aromatic nitrogens is 1. The molecule has 3 rings (SSSR count). The van der Waals surface area contributed by atoms with Crippen LogP contribution in [-0.2, 0) is 13.1 Å². The van der Waals surface area contributed by atoms with E-state index in [1.165, 1.54) is 76.2 Å². The summed E-state index contributed by atoms with van der Waals surface area (Å²) in [5.74, 6) is 0.704. The second-order valence-electron chi connectivity index (χ2n) is 10.5. The number of hydrogen-bond donors (Lipinski definition) is 1. The molecular formula is C33H47BrClN3O2S. The van der Waals surface area contributed by atoms with Crippen LogP contribution in [0.1, 0.15) is 95.1 Å². The van der Waals surface area contributed by atoms with Crippen molar-refractivity contribution in [2.24, 2.45) is 0 Å². The highest BCUT2D eigenvalue weighted by molar-refractivity contribution is 7.07. The lowest BCUT2D eigenvalue weighted by Gasteiger charge is -2.23. The van der Waals surface area contributed by atoms with Gasteiger partial charge in [0.25, 0.3) is 0 Å². The van der Waals surface area contributed by atoms with E-state index in [-0.39, 0.29) is 23.0 Å². The highest BCUT2D eigenvalue weighted by atomic mass is 79.9. The Labute approximate surface area is 267 Å². The van der Waals surface area contributed by atoms with E-state index in [0.29, 0.717) is 23.9 Å². The number of amides is 2. The van der Waals surface area contributed by atoms with Crippen LogP contribution in [0.25, 0.3) is 0 Å². The van der Waals surface area contributed by atoms with Crippen LogP contribution in [0.15, 0.2) is 59.6 Å². The molecule has 0 saturated carbocycles. The van der Waals surface area contributed by atoms with Crippen molar-refractivity contribution in [3.8, 4) is 5.75 Å². The van der Waals surface area contributed by atoms with Gasteiger partial charge < -0.3 is 27.0 Å². The summed E-state index contributed by atoms with van der Waals surface area (Å²) >= 11 is 8.24. The number of hydrogen-bond acceptors (Lipinski definition) is 3. The molecule has 0 bridgehead atoms. The predicted molar refractivity (Wildman–Crippen MR) is 169 cm³/mol. The summed E-state index contributed by atoms with van der Waals surface area (Å²) in [5, 5.41) is 5.39. The lowest BCUT2D eigenvalue weighted by Crippen LogP contribution is -3.00. The number of benzene rings is 2. The van der Waals surface area contributed by atoms with Gasteiger partial charge in [0.2, 0.25) is 5.51 Å². The third-order valence-corrected chi connectivity index (χ3v) is 8.16. The molecule has 0 unspecified atom stereocenters. The quantitative estimate of drug-likeness (QED) is 0.123. The number of rotatable bonds is 19. The van der Waals surface area contributed by atoms with Crippen molar-refractivity contribution in [2.75, 3.05) is 18.6 Å². The topological polar surface area (TPSA) is 45.5 Å². The fourth-order valence-electron chi connectivity index (χ4n) is 4.83. The van der Waals surface area contributed by atoms with Crippen LogP contribution >= 0.6 is 22.9 Å². The first kappa shape index (κ1) is 35.1. The largest absolute Gasteiger partial charge is 1.00 e. The second-order valence-corrected chi connectivity index (χ2v) is 11.7. The molecule has 0 fully saturated rings. The number of anilines is 1. The van der Waals surface area contributed by atoms with Gasteiger partial charge in [-0.1, -0.05) is 119 Å². The van der Waals surface area contributed by atoms with Gasteiger partial charge >= 0.3 is 6.03 Å². The minimum Gasteiger partial charge on any atom is -1.00 e. The fourth-order valence-corrected chi connectivity index (χ4v) is 5.68. The van der Waals surface area contributed by atoms with Gasteiger partial charge in [-0.05, 0) is 36.2 Å². The fraction of sp³-hybridized carbons (Fsp3) is 0.515. The molecule has 0 radical (unpaired) electrons. The number of unbranched alkanes of at least 4 members (excludes halogenated alkanes) is 11. The molecule has 0 aliphatic heterocycles. The van der Waals surface area contributed by atoms with Gasteiger partial charge in [-0.2, -0.15) is 4.57 Å². The van der Waals surface area contributed by atoms with Gasteiger partial charge in [-0.3, -0.25) is 4.90 Å². The molecule has 2 amide bonds. The van der Waals surface area contributed by atoms with E-state index < -0.39 is 0 Å². The molecule has 3 aromatic rings. The molecule has 8 heteroatoms. The summed E-state index contributed by atoms with van der Waals surface area (Å²) in [6, 6.07) is 13.8. The minimum absolute atomic E-state index is 0. The Morgan fingerprint density at radius 1 is 0.902 bits per heavy atom. The zero-order valence-electron chi connectivity index (χ0n) is 24.8. The van der Waals surface area contributed by atoms with Gasteiger partial charge in [0.15, 0.2) is 12.7 Å². The zero-order chi connectivity index (χ0) is 28.4. The summed E-state index contributed by atoms with van der Waals surface area (Å²) in [5.41, 5.74) is 5.05. The van der Waals surface area contributed by atoms with Crippen molar-refractivity contribution >= 4 is 34.7 Å². The Bertz CT molecular complexity index is 1110. The smallest absolute Gasteiger partial charge is 0.321 e. The SMILES string of the molecule is CCCCCCCCCCCCCCOc1ccc(CN(C(=O)NC)c2ccc(C[n+]3ccsc3)cc2)cc1Cl.[Br-]. The second kappa shape index (κ2) is 20.7. The maximum absolute atomic E-state index is 12.7. The van der Waals surface area contributed by atoms with Crippen LogP contribution in [0.2, 0.25) is 5.02 Å². The molecule has 0 aliphatic rings. The highest BCUT2D eigenvalue weighted by Gasteiger charge is 2.16. The first-order valence-corrected chi connectivity index (χ1v) is 16.3. The lowest BCUT2D eigenvalue weighted by atomic mass is 10.1. The minimum atomic E-state index is -0.164. The van der Waals surface area contributed by atoms with E-state index in [2.05, 4.69) is 46.0 Å². The number of ether oxygens (including phenoxy) is 1. The molecule has 1 heterocycles. The van der Waals surface area contributed by atoms with E-state index >= 15 is 0 Å². The number of urea groups is 1. The Morgan fingerprint density at radius 2 is 1.51 bits per heavy atom. The standard InChI is InChI=1S/C33H46ClN3O2S.BrH/c1-3-4-5-6-7-8-9-10-11-12-13-14-22-39-32-20-17-29(24-31(32)34)26-37(33(38)35-2)30-18-15-28(16-19-30)25-36-21-23-40-27-36;/h15-21,23-24,27H,3-14,22,25-26H2,1-2H3;1H. The van der Waals surface area contributed by atoms with Gasteiger partial charge in [0.1, 0.15) is 5.75 Å². The monoisotopic (exact) mass is 663 g/mol.